The molecule has 0 saturated carbocycles. The van der Waals surface area contributed by atoms with Gasteiger partial charge in [-0.1, -0.05) is 18.2 Å². The van der Waals surface area contributed by atoms with Gasteiger partial charge in [-0.25, -0.2) is 0 Å². The zero-order valence-corrected chi connectivity index (χ0v) is 18.4. The van der Waals surface area contributed by atoms with Crippen molar-refractivity contribution in [2.24, 2.45) is 0 Å². The van der Waals surface area contributed by atoms with Crippen LogP contribution in [0.2, 0.25) is 0 Å². The zero-order valence-electron chi connectivity index (χ0n) is 16.7. The smallest absolute Gasteiger partial charge is 0.257 e. The molecule has 0 unspecified atom stereocenters. The summed E-state index contributed by atoms with van der Waals surface area (Å²) in [4.78, 5) is 30.2. The van der Waals surface area contributed by atoms with Crippen LogP contribution in [-0.4, -0.2) is 44.6 Å². The number of benzene rings is 2. The number of nitrogens with one attached hydrogen (secondary N) is 2. The molecule has 31 heavy (non-hydrogen) atoms. The van der Waals surface area contributed by atoms with E-state index in [0.717, 1.165) is 52.5 Å². The number of carbonyl (C=O) groups excluding carboxylic acids is 1. The molecule has 1 aliphatic heterocycles. The van der Waals surface area contributed by atoms with E-state index >= 15 is 0 Å². The standard InChI is InChI=1S/C23H21N3O3S2/c27-22(16-3-6-18-20(13-16)25-23(28)19-7-10-30-21(18)19)24-17-4-1-15(2-5-17)14-26-8-11-31(29)12-9-26/h1-7,10,13H,8-9,11-12,14H2,(H,24,27)(H,25,28). The minimum Gasteiger partial charge on any atom is -0.322 e. The van der Waals surface area contributed by atoms with Crippen LogP contribution in [0.3, 0.4) is 0 Å². The fourth-order valence-electron chi connectivity index (χ4n) is 3.86. The van der Waals surface area contributed by atoms with Crippen LogP contribution in [0.1, 0.15) is 15.9 Å². The van der Waals surface area contributed by atoms with Crippen molar-refractivity contribution in [2.45, 2.75) is 6.54 Å². The molecule has 0 spiro atoms. The maximum Gasteiger partial charge on any atom is 0.257 e. The van der Waals surface area contributed by atoms with Gasteiger partial charge in [0.15, 0.2) is 0 Å². The summed E-state index contributed by atoms with van der Waals surface area (Å²) in [6.45, 7) is 2.53. The third-order valence-corrected chi connectivity index (χ3v) is 7.80. The molecule has 6 nitrogen and oxygen atoms in total. The lowest BCUT2D eigenvalue weighted by Crippen LogP contribution is -2.37. The molecule has 8 heteroatoms. The number of thiophene rings is 1. The Hall–Kier alpha value is -2.81. The van der Waals surface area contributed by atoms with Gasteiger partial charge in [0.1, 0.15) is 0 Å². The number of carbonyl (C=O) groups is 1. The first-order valence-electron chi connectivity index (χ1n) is 10.1. The average Bonchev–Trinajstić information content (AvgIpc) is 3.27. The minimum absolute atomic E-state index is 0.142. The molecule has 158 valence electrons. The van der Waals surface area contributed by atoms with E-state index in [9.17, 15) is 13.8 Å². The number of rotatable bonds is 4. The highest BCUT2D eigenvalue weighted by Crippen LogP contribution is 2.27. The molecule has 0 aliphatic carbocycles. The van der Waals surface area contributed by atoms with Crippen LogP contribution in [0.25, 0.3) is 21.0 Å². The molecule has 2 N–H and O–H groups in total. The molecule has 1 fully saturated rings. The Morgan fingerprint density at radius 3 is 2.61 bits per heavy atom. The molecule has 4 aromatic rings. The van der Waals surface area contributed by atoms with Gasteiger partial charge in [-0.3, -0.25) is 18.7 Å². The number of amides is 1. The van der Waals surface area contributed by atoms with Gasteiger partial charge in [0, 0.05) is 63.3 Å². The summed E-state index contributed by atoms with van der Waals surface area (Å²) in [5.41, 5.74) is 2.89. The Labute approximate surface area is 185 Å². The number of aromatic amines is 1. The summed E-state index contributed by atoms with van der Waals surface area (Å²) in [5.74, 6) is 1.26. The molecule has 2 aromatic heterocycles. The van der Waals surface area contributed by atoms with Crippen molar-refractivity contribution in [3.05, 3.63) is 75.4 Å². The maximum atomic E-state index is 12.8. The molecular formula is C23H21N3O3S2. The Balaban J connectivity index is 1.30. The number of fused-ring (bicyclic) bond motifs is 3. The molecule has 1 amide bonds. The van der Waals surface area contributed by atoms with E-state index in [2.05, 4.69) is 15.2 Å². The lowest BCUT2D eigenvalue weighted by molar-refractivity contribution is 0.102. The van der Waals surface area contributed by atoms with E-state index in [1.807, 2.05) is 41.8 Å². The van der Waals surface area contributed by atoms with Crippen LogP contribution in [0.5, 0.6) is 0 Å². The Kier molecular flexibility index (Phi) is 5.43. The quantitative estimate of drug-likeness (QED) is 0.497. The third-order valence-electron chi connectivity index (χ3n) is 5.57. The molecule has 0 atom stereocenters. The second-order valence-electron chi connectivity index (χ2n) is 7.65. The van der Waals surface area contributed by atoms with E-state index in [0.29, 0.717) is 16.5 Å². The van der Waals surface area contributed by atoms with E-state index < -0.39 is 10.8 Å². The molecule has 0 radical (unpaired) electrons. The monoisotopic (exact) mass is 451 g/mol. The number of hydrogen-bond acceptors (Lipinski definition) is 5. The Bertz CT molecular complexity index is 1350. The van der Waals surface area contributed by atoms with E-state index in [-0.39, 0.29) is 11.5 Å². The van der Waals surface area contributed by atoms with Gasteiger partial charge in [-0.05, 0) is 41.3 Å². The van der Waals surface area contributed by atoms with E-state index in [1.165, 1.54) is 11.3 Å². The number of nitrogens with zero attached hydrogens (tertiary/aromatic N) is 1. The van der Waals surface area contributed by atoms with Crippen LogP contribution in [0.4, 0.5) is 5.69 Å². The first-order chi connectivity index (χ1) is 15.1. The summed E-state index contributed by atoms with van der Waals surface area (Å²) in [7, 11) is -0.671. The van der Waals surface area contributed by atoms with Gasteiger partial charge < -0.3 is 10.3 Å². The highest BCUT2D eigenvalue weighted by atomic mass is 32.2. The Morgan fingerprint density at radius 1 is 1.06 bits per heavy atom. The summed E-state index contributed by atoms with van der Waals surface area (Å²) in [5, 5.41) is 6.43. The largest absolute Gasteiger partial charge is 0.322 e. The SMILES string of the molecule is O=C(Nc1ccc(CN2CCS(=O)CC2)cc1)c1ccc2c(c1)[nH]c(=O)c1ccsc12. The molecule has 3 heterocycles. The van der Waals surface area contributed by atoms with Gasteiger partial charge in [0.2, 0.25) is 0 Å². The third kappa shape index (κ3) is 4.19. The van der Waals surface area contributed by atoms with Crippen molar-refractivity contribution in [3.8, 4) is 0 Å². The second-order valence-corrected chi connectivity index (χ2v) is 10.3. The van der Waals surface area contributed by atoms with Crippen LogP contribution in [0, 0.1) is 0 Å². The van der Waals surface area contributed by atoms with Gasteiger partial charge >= 0.3 is 0 Å². The topological polar surface area (TPSA) is 82.3 Å². The molecule has 1 aliphatic rings. The maximum absolute atomic E-state index is 12.8. The molecule has 2 aromatic carbocycles. The fraction of sp³-hybridized carbons (Fsp3) is 0.217. The van der Waals surface area contributed by atoms with Crippen LogP contribution < -0.4 is 10.9 Å². The molecule has 5 rings (SSSR count). The highest BCUT2D eigenvalue weighted by molar-refractivity contribution is 7.85. The van der Waals surface area contributed by atoms with Crippen LogP contribution in [0.15, 0.2) is 58.7 Å². The lowest BCUT2D eigenvalue weighted by Gasteiger charge is -2.26. The zero-order chi connectivity index (χ0) is 21.4. The predicted molar refractivity (Wildman–Crippen MR) is 128 cm³/mol. The highest BCUT2D eigenvalue weighted by Gasteiger charge is 2.15. The summed E-state index contributed by atoms with van der Waals surface area (Å²) in [6.07, 6.45) is 0. The van der Waals surface area contributed by atoms with Crippen molar-refractivity contribution in [1.29, 1.82) is 0 Å². The van der Waals surface area contributed by atoms with E-state index in [1.54, 1.807) is 12.1 Å². The van der Waals surface area contributed by atoms with Crippen LogP contribution in [-0.2, 0) is 17.3 Å². The lowest BCUT2D eigenvalue weighted by atomic mass is 10.1. The Morgan fingerprint density at radius 2 is 1.84 bits per heavy atom. The summed E-state index contributed by atoms with van der Waals surface area (Å²) < 4.78 is 12.4. The van der Waals surface area contributed by atoms with Crippen molar-refractivity contribution in [3.63, 3.8) is 0 Å². The van der Waals surface area contributed by atoms with Gasteiger partial charge in [-0.2, -0.15) is 0 Å². The van der Waals surface area contributed by atoms with Crippen molar-refractivity contribution >= 4 is 54.7 Å². The number of aromatic nitrogens is 1. The van der Waals surface area contributed by atoms with Gasteiger partial charge in [-0.15, -0.1) is 11.3 Å². The second kappa shape index (κ2) is 8.37. The van der Waals surface area contributed by atoms with Crippen LogP contribution >= 0.6 is 11.3 Å². The predicted octanol–water partition coefficient (Wildman–Crippen LogP) is 3.56. The minimum atomic E-state index is -0.671. The van der Waals surface area contributed by atoms with Gasteiger partial charge in [0.25, 0.3) is 11.5 Å². The van der Waals surface area contributed by atoms with Crippen molar-refractivity contribution in [1.82, 2.24) is 9.88 Å². The fourth-order valence-corrected chi connectivity index (χ4v) is 5.92. The first kappa shape index (κ1) is 20.1. The van der Waals surface area contributed by atoms with Crippen molar-refractivity contribution in [2.75, 3.05) is 29.9 Å². The van der Waals surface area contributed by atoms with Crippen molar-refractivity contribution < 1.29 is 9.00 Å². The number of anilines is 1. The summed E-state index contributed by atoms with van der Waals surface area (Å²) >= 11 is 1.52. The summed E-state index contributed by atoms with van der Waals surface area (Å²) in [6, 6.07) is 15.0. The molecule has 0 bridgehead atoms. The number of hydrogen-bond donors (Lipinski definition) is 2. The normalized spacial score (nSPS) is 15.5. The first-order valence-corrected chi connectivity index (χ1v) is 12.4. The molecule has 1 saturated heterocycles. The molecular weight excluding hydrogens is 430 g/mol. The average molecular weight is 452 g/mol. The number of pyridine rings is 1. The number of H-pyrrole nitrogens is 1. The van der Waals surface area contributed by atoms with Gasteiger partial charge in [0.05, 0.1) is 10.9 Å². The van der Waals surface area contributed by atoms with E-state index in [4.69, 9.17) is 0 Å².